The molecule has 2 unspecified atom stereocenters. The van der Waals surface area contributed by atoms with E-state index in [9.17, 15) is 0 Å². The van der Waals surface area contributed by atoms with Crippen molar-refractivity contribution in [3.63, 3.8) is 0 Å². The van der Waals surface area contributed by atoms with Gasteiger partial charge in [-0.1, -0.05) is 20.3 Å². The fraction of sp³-hybridized carbons (Fsp3) is 0.800. The van der Waals surface area contributed by atoms with Gasteiger partial charge in [-0.2, -0.15) is 0 Å². The number of hydrogen-bond acceptors (Lipinski definition) is 3. The van der Waals surface area contributed by atoms with Crippen LogP contribution in [0.25, 0.3) is 0 Å². The van der Waals surface area contributed by atoms with E-state index < -0.39 is 0 Å². The highest BCUT2D eigenvalue weighted by atomic mass is 32.1. The van der Waals surface area contributed by atoms with Gasteiger partial charge in [-0.25, -0.2) is 4.98 Å². The van der Waals surface area contributed by atoms with Crippen LogP contribution in [0.1, 0.15) is 43.8 Å². The van der Waals surface area contributed by atoms with E-state index >= 15 is 0 Å². The average Bonchev–Trinajstić information content (AvgIpc) is 2.89. The van der Waals surface area contributed by atoms with E-state index in [4.69, 9.17) is 0 Å². The van der Waals surface area contributed by atoms with Gasteiger partial charge in [0.1, 0.15) is 0 Å². The molecule has 102 valence electrons. The number of aromatic nitrogens is 1. The van der Waals surface area contributed by atoms with Crippen LogP contribution in [0.2, 0.25) is 0 Å². The molecule has 1 saturated carbocycles. The highest BCUT2D eigenvalue weighted by Gasteiger charge is 2.27. The lowest BCUT2D eigenvalue weighted by Crippen LogP contribution is -2.28. The third kappa shape index (κ3) is 4.06. The van der Waals surface area contributed by atoms with E-state index in [1.807, 2.05) is 11.3 Å². The second kappa shape index (κ2) is 6.67. The van der Waals surface area contributed by atoms with Gasteiger partial charge in [0.25, 0.3) is 0 Å². The molecule has 1 fully saturated rings. The largest absolute Gasteiger partial charge is 0.316 e. The fourth-order valence-corrected chi connectivity index (χ4v) is 3.80. The summed E-state index contributed by atoms with van der Waals surface area (Å²) in [6.45, 7) is 9.00. The zero-order valence-electron chi connectivity index (χ0n) is 11.9. The topological polar surface area (TPSA) is 24.9 Å². The number of rotatable bonds is 6. The summed E-state index contributed by atoms with van der Waals surface area (Å²) in [6, 6.07) is 0. The van der Waals surface area contributed by atoms with Gasteiger partial charge in [0.05, 0.1) is 5.01 Å². The van der Waals surface area contributed by atoms with Crippen molar-refractivity contribution in [2.45, 2.75) is 46.5 Å². The molecule has 3 heteroatoms. The van der Waals surface area contributed by atoms with E-state index in [1.54, 1.807) is 0 Å². The van der Waals surface area contributed by atoms with Crippen molar-refractivity contribution in [2.75, 3.05) is 13.1 Å². The minimum Gasteiger partial charge on any atom is -0.316 e. The molecule has 1 aliphatic carbocycles. The van der Waals surface area contributed by atoms with Crippen molar-refractivity contribution in [1.29, 1.82) is 0 Å². The van der Waals surface area contributed by atoms with Crippen LogP contribution < -0.4 is 5.32 Å². The maximum absolute atomic E-state index is 4.62. The summed E-state index contributed by atoms with van der Waals surface area (Å²) in [5.41, 5.74) is 1.18. The molecule has 0 bridgehead atoms. The molecule has 2 nitrogen and oxygen atoms in total. The first-order valence-electron chi connectivity index (χ1n) is 7.27. The highest BCUT2D eigenvalue weighted by molar-refractivity contribution is 7.09. The molecule has 0 amide bonds. The first kappa shape index (κ1) is 14.0. The predicted octanol–water partition coefficient (Wildman–Crippen LogP) is 3.66. The molecule has 1 aromatic heterocycles. The van der Waals surface area contributed by atoms with E-state index in [0.29, 0.717) is 0 Å². The van der Waals surface area contributed by atoms with Gasteiger partial charge in [-0.15, -0.1) is 11.3 Å². The molecule has 1 aromatic rings. The number of hydrogen-bond donors (Lipinski definition) is 1. The maximum Gasteiger partial charge on any atom is 0.0930 e. The number of thiazole rings is 1. The van der Waals surface area contributed by atoms with Crippen LogP contribution >= 0.6 is 11.3 Å². The average molecular weight is 266 g/mol. The van der Waals surface area contributed by atoms with Crippen LogP contribution in [-0.2, 0) is 6.42 Å². The molecular weight excluding hydrogens is 240 g/mol. The number of nitrogens with one attached hydrogen (secondary N) is 1. The Kier molecular flexibility index (Phi) is 5.19. The quantitative estimate of drug-likeness (QED) is 0.850. The van der Waals surface area contributed by atoms with E-state index in [0.717, 1.165) is 24.3 Å². The third-order valence-electron chi connectivity index (χ3n) is 3.88. The molecule has 1 aliphatic rings. The van der Waals surface area contributed by atoms with Crippen LogP contribution in [0.4, 0.5) is 0 Å². The second-order valence-corrected chi connectivity index (χ2v) is 7.03. The lowest BCUT2D eigenvalue weighted by atomic mass is 9.93. The Bertz CT molecular complexity index is 359. The molecule has 0 spiro atoms. The van der Waals surface area contributed by atoms with Crippen molar-refractivity contribution in [3.05, 3.63) is 16.1 Å². The molecule has 18 heavy (non-hydrogen) atoms. The molecule has 1 N–H and O–H groups in total. The molecule has 2 rings (SSSR count). The summed E-state index contributed by atoms with van der Waals surface area (Å²) < 4.78 is 0. The van der Waals surface area contributed by atoms with Crippen molar-refractivity contribution < 1.29 is 0 Å². The van der Waals surface area contributed by atoms with Gasteiger partial charge in [0.2, 0.25) is 0 Å². The Morgan fingerprint density at radius 1 is 1.39 bits per heavy atom. The standard InChI is InChI=1S/C15H26N2S/c1-11(2)8-16-9-14-6-4-5-13(14)7-15-17-12(3)10-18-15/h10-11,13-14,16H,4-9H2,1-3H3. The molecule has 0 saturated heterocycles. The summed E-state index contributed by atoms with van der Waals surface area (Å²) in [4.78, 5) is 4.62. The summed E-state index contributed by atoms with van der Waals surface area (Å²) >= 11 is 1.84. The van der Waals surface area contributed by atoms with Crippen molar-refractivity contribution in [1.82, 2.24) is 10.3 Å². The monoisotopic (exact) mass is 266 g/mol. The zero-order valence-corrected chi connectivity index (χ0v) is 12.7. The van der Waals surface area contributed by atoms with E-state index in [1.165, 1.54) is 42.9 Å². The summed E-state index contributed by atoms with van der Waals surface area (Å²) in [7, 11) is 0. The molecular formula is C15H26N2S. The van der Waals surface area contributed by atoms with Gasteiger partial charge in [-0.3, -0.25) is 0 Å². The Morgan fingerprint density at radius 3 is 2.83 bits per heavy atom. The molecule has 0 radical (unpaired) electrons. The van der Waals surface area contributed by atoms with Crippen molar-refractivity contribution >= 4 is 11.3 Å². The highest BCUT2D eigenvalue weighted by Crippen LogP contribution is 2.34. The van der Waals surface area contributed by atoms with Gasteiger partial charge >= 0.3 is 0 Å². The summed E-state index contributed by atoms with van der Waals surface area (Å²) in [6.07, 6.45) is 5.41. The molecule has 0 aromatic carbocycles. The summed E-state index contributed by atoms with van der Waals surface area (Å²) in [5, 5.41) is 7.15. The first-order chi connectivity index (χ1) is 8.65. The van der Waals surface area contributed by atoms with Crippen molar-refractivity contribution in [2.24, 2.45) is 17.8 Å². The molecule has 0 aliphatic heterocycles. The second-order valence-electron chi connectivity index (χ2n) is 6.09. The minimum absolute atomic E-state index is 0.756. The van der Waals surface area contributed by atoms with Crippen LogP contribution in [-0.4, -0.2) is 18.1 Å². The van der Waals surface area contributed by atoms with Crippen LogP contribution in [0.5, 0.6) is 0 Å². The van der Waals surface area contributed by atoms with E-state index in [2.05, 4.69) is 36.5 Å². The molecule has 1 heterocycles. The minimum atomic E-state index is 0.756. The van der Waals surface area contributed by atoms with Crippen LogP contribution in [0, 0.1) is 24.7 Å². The lowest BCUT2D eigenvalue weighted by Gasteiger charge is -2.19. The van der Waals surface area contributed by atoms with Gasteiger partial charge < -0.3 is 5.32 Å². The van der Waals surface area contributed by atoms with Gasteiger partial charge in [0.15, 0.2) is 0 Å². The van der Waals surface area contributed by atoms with E-state index in [-0.39, 0.29) is 0 Å². The lowest BCUT2D eigenvalue weighted by molar-refractivity contribution is 0.357. The Hall–Kier alpha value is -0.410. The number of aryl methyl sites for hydroxylation is 1. The third-order valence-corrected chi connectivity index (χ3v) is 4.87. The predicted molar refractivity (Wildman–Crippen MR) is 79.1 cm³/mol. The first-order valence-corrected chi connectivity index (χ1v) is 8.15. The Morgan fingerprint density at radius 2 is 2.17 bits per heavy atom. The molecule has 2 atom stereocenters. The van der Waals surface area contributed by atoms with Gasteiger partial charge in [-0.05, 0) is 50.6 Å². The zero-order chi connectivity index (χ0) is 13.0. The summed E-state index contributed by atoms with van der Waals surface area (Å²) in [5.74, 6) is 2.48. The Balaban J connectivity index is 1.80. The van der Waals surface area contributed by atoms with Crippen LogP contribution in [0.3, 0.4) is 0 Å². The normalized spacial score (nSPS) is 24.0. The fourth-order valence-electron chi connectivity index (χ4n) is 2.93. The van der Waals surface area contributed by atoms with Gasteiger partial charge in [0, 0.05) is 17.5 Å². The smallest absolute Gasteiger partial charge is 0.0930 e. The Labute approximate surface area is 115 Å². The SMILES string of the molecule is Cc1csc(CC2CCCC2CNCC(C)C)n1. The van der Waals surface area contributed by atoms with Crippen LogP contribution in [0.15, 0.2) is 5.38 Å². The van der Waals surface area contributed by atoms with Crippen molar-refractivity contribution in [3.8, 4) is 0 Å². The number of nitrogens with zero attached hydrogens (tertiary/aromatic N) is 1. The maximum atomic E-state index is 4.62.